The first-order valence-electron chi connectivity index (χ1n) is 8.28. The van der Waals surface area contributed by atoms with E-state index in [-0.39, 0.29) is 12.5 Å². The Labute approximate surface area is 151 Å². The summed E-state index contributed by atoms with van der Waals surface area (Å²) in [5.41, 5.74) is 8.18. The molecule has 132 valence electrons. The third-order valence-corrected chi connectivity index (χ3v) is 4.00. The summed E-state index contributed by atoms with van der Waals surface area (Å²) in [6.07, 6.45) is 1.69. The van der Waals surface area contributed by atoms with E-state index in [1.807, 2.05) is 60.7 Å². The third-order valence-electron chi connectivity index (χ3n) is 4.00. The molecule has 0 fully saturated rings. The summed E-state index contributed by atoms with van der Waals surface area (Å²) in [5, 5.41) is 4.42. The lowest BCUT2D eigenvalue weighted by molar-refractivity contribution is -0.118. The van der Waals surface area contributed by atoms with Gasteiger partial charge in [-0.25, -0.2) is 4.68 Å². The second kappa shape index (κ2) is 7.65. The van der Waals surface area contributed by atoms with Crippen LogP contribution in [0.5, 0.6) is 0 Å². The molecular formula is C20H20N4O2. The molecule has 1 heterocycles. The fourth-order valence-corrected chi connectivity index (χ4v) is 2.74. The SMILES string of the molecule is Cc1nn(-c2ccccc2)cc1C(=O)N(CC(N)=O)Cc1ccccc1. The molecule has 3 rings (SSSR count). The van der Waals surface area contributed by atoms with Crippen LogP contribution in [0, 0.1) is 6.92 Å². The number of benzene rings is 2. The number of hydrogen-bond acceptors (Lipinski definition) is 3. The third kappa shape index (κ3) is 3.97. The zero-order valence-electron chi connectivity index (χ0n) is 14.5. The van der Waals surface area contributed by atoms with E-state index < -0.39 is 5.91 Å². The Hall–Kier alpha value is -3.41. The van der Waals surface area contributed by atoms with Gasteiger partial charge in [-0.05, 0) is 24.6 Å². The zero-order chi connectivity index (χ0) is 18.5. The predicted octanol–water partition coefficient (Wildman–Crippen LogP) is 2.31. The maximum absolute atomic E-state index is 13.0. The molecule has 6 heteroatoms. The van der Waals surface area contributed by atoms with Gasteiger partial charge in [0.05, 0.1) is 23.5 Å². The molecule has 0 aliphatic carbocycles. The summed E-state index contributed by atoms with van der Waals surface area (Å²) in [6.45, 7) is 1.93. The second-order valence-electron chi connectivity index (χ2n) is 6.02. The van der Waals surface area contributed by atoms with E-state index in [0.29, 0.717) is 17.8 Å². The topological polar surface area (TPSA) is 81.2 Å². The molecule has 0 unspecified atom stereocenters. The highest BCUT2D eigenvalue weighted by molar-refractivity contribution is 5.97. The molecule has 0 aliphatic heterocycles. The van der Waals surface area contributed by atoms with Crippen molar-refractivity contribution in [1.29, 1.82) is 0 Å². The molecule has 2 aromatic carbocycles. The van der Waals surface area contributed by atoms with Crippen LogP contribution in [0.2, 0.25) is 0 Å². The zero-order valence-corrected chi connectivity index (χ0v) is 14.5. The van der Waals surface area contributed by atoms with Crippen LogP contribution in [-0.4, -0.2) is 33.0 Å². The van der Waals surface area contributed by atoms with Crippen molar-refractivity contribution in [2.24, 2.45) is 5.73 Å². The number of rotatable bonds is 6. The largest absolute Gasteiger partial charge is 0.368 e. The van der Waals surface area contributed by atoms with Crippen LogP contribution in [0.25, 0.3) is 5.69 Å². The van der Waals surface area contributed by atoms with Crippen molar-refractivity contribution in [3.05, 3.63) is 83.7 Å². The summed E-state index contributed by atoms with van der Waals surface area (Å²) in [6, 6.07) is 19.0. The number of aromatic nitrogens is 2. The van der Waals surface area contributed by atoms with Gasteiger partial charge in [-0.15, -0.1) is 0 Å². The molecule has 2 amide bonds. The van der Waals surface area contributed by atoms with E-state index in [1.54, 1.807) is 17.8 Å². The molecule has 0 radical (unpaired) electrons. The molecule has 0 saturated heterocycles. The maximum atomic E-state index is 13.0. The number of nitrogens with two attached hydrogens (primary N) is 1. The monoisotopic (exact) mass is 348 g/mol. The van der Waals surface area contributed by atoms with Gasteiger partial charge in [0.15, 0.2) is 0 Å². The Morgan fingerprint density at radius 2 is 1.65 bits per heavy atom. The van der Waals surface area contributed by atoms with E-state index >= 15 is 0 Å². The summed E-state index contributed by atoms with van der Waals surface area (Å²) < 4.78 is 1.66. The average molecular weight is 348 g/mol. The van der Waals surface area contributed by atoms with E-state index in [4.69, 9.17) is 5.73 Å². The van der Waals surface area contributed by atoms with Crippen LogP contribution in [-0.2, 0) is 11.3 Å². The van der Waals surface area contributed by atoms with Crippen molar-refractivity contribution < 1.29 is 9.59 Å². The van der Waals surface area contributed by atoms with E-state index in [1.165, 1.54) is 4.90 Å². The first-order chi connectivity index (χ1) is 12.5. The molecule has 26 heavy (non-hydrogen) atoms. The first kappa shape index (κ1) is 17.4. The Kier molecular flexibility index (Phi) is 5.12. The Morgan fingerprint density at radius 3 is 2.27 bits per heavy atom. The van der Waals surface area contributed by atoms with Crippen molar-refractivity contribution in [1.82, 2.24) is 14.7 Å². The number of hydrogen-bond donors (Lipinski definition) is 1. The minimum absolute atomic E-state index is 0.149. The molecule has 0 aliphatic rings. The van der Waals surface area contributed by atoms with Crippen molar-refractivity contribution in [2.75, 3.05) is 6.54 Å². The van der Waals surface area contributed by atoms with E-state index in [0.717, 1.165) is 11.3 Å². The highest BCUT2D eigenvalue weighted by atomic mass is 16.2. The van der Waals surface area contributed by atoms with E-state index in [2.05, 4.69) is 5.10 Å². The van der Waals surface area contributed by atoms with Gasteiger partial charge >= 0.3 is 0 Å². The Morgan fingerprint density at radius 1 is 1.04 bits per heavy atom. The molecule has 0 atom stereocenters. The molecule has 2 N–H and O–H groups in total. The first-order valence-corrected chi connectivity index (χ1v) is 8.28. The van der Waals surface area contributed by atoms with Crippen LogP contribution in [0.4, 0.5) is 0 Å². The van der Waals surface area contributed by atoms with Gasteiger partial charge < -0.3 is 10.6 Å². The van der Waals surface area contributed by atoms with Crippen LogP contribution >= 0.6 is 0 Å². The van der Waals surface area contributed by atoms with E-state index in [9.17, 15) is 9.59 Å². The number of para-hydroxylation sites is 1. The quantitative estimate of drug-likeness (QED) is 0.742. The molecule has 6 nitrogen and oxygen atoms in total. The summed E-state index contributed by atoms with van der Waals surface area (Å²) in [5.74, 6) is -0.824. The Bertz CT molecular complexity index is 904. The maximum Gasteiger partial charge on any atom is 0.258 e. The number of aryl methyl sites for hydroxylation is 1. The number of amides is 2. The van der Waals surface area contributed by atoms with Gasteiger partial charge in [-0.3, -0.25) is 9.59 Å². The number of carbonyl (C=O) groups excluding carboxylic acids is 2. The highest BCUT2D eigenvalue weighted by Gasteiger charge is 2.22. The van der Waals surface area contributed by atoms with Crippen molar-refractivity contribution >= 4 is 11.8 Å². The van der Waals surface area contributed by atoms with Crippen molar-refractivity contribution in [3.8, 4) is 5.69 Å². The predicted molar refractivity (Wildman–Crippen MR) is 98.7 cm³/mol. The fraction of sp³-hybridized carbons (Fsp3) is 0.150. The smallest absolute Gasteiger partial charge is 0.258 e. The van der Waals surface area contributed by atoms with Crippen molar-refractivity contribution in [3.63, 3.8) is 0 Å². The van der Waals surface area contributed by atoms with Gasteiger partial charge in [-0.2, -0.15) is 5.10 Å². The average Bonchev–Trinajstić information content (AvgIpc) is 3.03. The van der Waals surface area contributed by atoms with Gasteiger partial charge in [0.1, 0.15) is 0 Å². The number of carbonyl (C=O) groups is 2. The Balaban J connectivity index is 1.89. The van der Waals surface area contributed by atoms with Gasteiger partial charge in [0.2, 0.25) is 5.91 Å². The molecule has 0 spiro atoms. The van der Waals surface area contributed by atoms with Gasteiger partial charge in [0, 0.05) is 12.7 Å². The van der Waals surface area contributed by atoms with Gasteiger partial charge in [0.25, 0.3) is 5.91 Å². The molecule has 0 saturated carbocycles. The summed E-state index contributed by atoms with van der Waals surface area (Å²) in [7, 11) is 0. The van der Waals surface area contributed by atoms with Crippen LogP contribution in [0.1, 0.15) is 21.6 Å². The summed E-state index contributed by atoms with van der Waals surface area (Å²) >= 11 is 0. The van der Waals surface area contributed by atoms with Crippen LogP contribution < -0.4 is 5.73 Å². The lowest BCUT2D eigenvalue weighted by Gasteiger charge is -2.21. The highest BCUT2D eigenvalue weighted by Crippen LogP contribution is 2.15. The second-order valence-corrected chi connectivity index (χ2v) is 6.02. The molecule has 1 aromatic heterocycles. The minimum Gasteiger partial charge on any atom is -0.368 e. The fourth-order valence-electron chi connectivity index (χ4n) is 2.74. The standard InChI is InChI=1S/C20H20N4O2/c1-15-18(13-24(22-15)17-10-6-3-7-11-17)20(26)23(14-19(21)25)12-16-8-4-2-5-9-16/h2-11,13H,12,14H2,1H3,(H2,21,25). The van der Waals surface area contributed by atoms with Crippen LogP contribution in [0.15, 0.2) is 66.9 Å². The normalized spacial score (nSPS) is 10.5. The lowest BCUT2D eigenvalue weighted by Crippen LogP contribution is -2.38. The van der Waals surface area contributed by atoms with Crippen molar-refractivity contribution in [2.45, 2.75) is 13.5 Å². The molecule has 3 aromatic rings. The molecule has 0 bridgehead atoms. The van der Waals surface area contributed by atoms with Crippen LogP contribution in [0.3, 0.4) is 0 Å². The number of nitrogens with zero attached hydrogens (tertiary/aromatic N) is 3. The lowest BCUT2D eigenvalue weighted by atomic mass is 10.1. The summed E-state index contributed by atoms with van der Waals surface area (Å²) in [4.78, 5) is 25.9. The van der Waals surface area contributed by atoms with Gasteiger partial charge in [-0.1, -0.05) is 48.5 Å². The number of primary amides is 1. The molecular weight excluding hydrogens is 328 g/mol. The minimum atomic E-state index is -0.553.